The third-order valence-corrected chi connectivity index (χ3v) is 3.96. The van der Waals surface area contributed by atoms with Crippen LogP contribution in [0.3, 0.4) is 0 Å². The third-order valence-electron chi connectivity index (χ3n) is 2.85. The van der Waals surface area contributed by atoms with Crippen molar-refractivity contribution in [2.45, 2.75) is 13.3 Å². The number of carbonyl (C=O) groups excluding carboxylic acids is 1. The van der Waals surface area contributed by atoms with Gasteiger partial charge in [-0.3, -0.25) is 4.79 Å². The standard InChI is InChI=1S/C15H12BrClO/c1-10-13(3-2-4-14(10)16)15(18)9-11-5-7-12(17)8-6-11/h2-8H,9H2,1H3. The van der Waals surface area contributed by atoms with Crippen molar-refractivity contribution in [1.29, 1.82) is 0 Å². The molecule has 0 amide bonds. The number of benzene rings is 2. The summed E-state index contributed by atoms with van der Waals surface area (Å²) in [5.74, 6) is 0.121. The Kier molecular flexibility index (Phi) is 4.20. The van der Waals surface area contributed by atoms with Crippen LogP contribution in [0.15, 0.2) is 46.9 Å². The summed E-state index contributed by atoms with van der Waals surface area (Å²) in [6.07, 6.45) is 0.397. The predicted molar refractivity (Wildman–Crippen MR) is 78.4 cm³/mol. The van der Waals surface area contributed by atoms with Gasteiger partial charge >= 0.3 is 0 Å². The molecule has 0 bridgehead atoms. The highest BCUT2D eigenvalue weighted by Gasteiger charge is 2.11. The maximum atomic E-state index is 12.2. The second-order valence-electron chi connectivity index (χ2n) is 4.14. The summed E-state index contributed by atoms with van der Waals surface area (Å²) in [5.41, 5.74) is 2.72. The molecular formula is C15H12BrClO. The summed E-state index contributed by atoms with van der Waals surface area (Å²) in [7, 11) is 0. The van der Waals surface area contributed by atoms with Crippen LogP contribution in [0.25, 0.3) is 0 Å². The molecule has 0 heterocycles. The van der Waals surface area contributed by atoms with E-state index in [2.05, 4.69) is 15.9 Å². The molecule has 0 aliphatic rings. The highest BCUT2D eigenvalue weighted by molar-refractivity contribution is 9.10. The first-order valence-electron chi connectivity index (χ1n) is 5.60. The second kappa shape index (κ2) is 5.68. The number of halogens is 2. The van der Waals surface area contributed by atoms with Gasteiger partial charge in [-0.05, 0) is 36.2 Å². The molecule has 0 fully saturated rings. The van der Waals surface area contributed by atoms with Crippen molar-refractivity contribution < 1.29 is 4.79 Å². The van der Waals surface area contributed by atoms with Gasteiger partial charge < -0.3 is 0 Å². The highest BCUT2D eigenvalue weighted by Crippen LogP contribution is 2.21. The van der Waals surface area contributed by atoms with Crippen molar-refractivity contribution in [2.75, 3.05) is 0 Å². The van der Waals surface area contributed by atoms with E-state index in [1.54, 1.807) is 12.1 Å². The van der Waals surface area contributed by atoms with Crippen LogP contribution < -0.4 is 0 Å². The maximum Gasteiger partial charge on any atom is 0.167 e. The van der Waals surface area contributed by atoms with E-state index in [4.69, 9.17) is 11.6 Å². The molecule has 0 N–H and O–H groups in total. The van der Waals surface area contributed by atoms with Crippen LogP contribution in [0.4, 0.5) is 0 Å². The zero-order chi connectivity index (χ0) is 13.1. The smallest absolute Gasteiger partial charge is 0.167 e. The third kappa shape index (κ3) is 3.01. The van der Waals surface area contributed by atoms with Crippen LogP contribution in [-0.2, 0) is 6.42 Å². The second-order valence-corrected chi connectivity index (χ2v) is 5.43. The average molecular weight is 324 g/mol. The fourth-order valence-electron chi connectivity index (χ4n) is 1.79. The van der Waals surface area contributed by atoms with E-state index in [0.717, 1.165) is 21.2 Å². The van der Waals surface area contributed by atoms with Crippen LogP contribution in [0, 0.1) is 6.92 Å². The van der Waals surface area contributed by atoms with Crippen LogP contribution in [0.2, 0.25) is 5.02 Å². The van der Waals surface area contributed by atoms with E-state index in [1.165, 1.54) is 0 Å². The molecule has 2 aromatic rings. The van der Waals surface area contributed by atoms with Crippen LogP contribution in [0.5, 0.6) is 0 Å². The zero-order valence-electron chi connectivity index (χ0n) is 9.91. The molecule has 2 rings (SSSR count). The molecule has 0 aromatic heterocycles. The summed E-state index contributed by atoms with van der Waals surface area (Å²) in [6, 6.07) is 13.1. The Labute approximate surface area is 120 Å². The predicted octanol–water partition coefficient (Wildman–Crippen LogP) is 4.84. The molecule has 18 heavy (non-hydrogen) atoms. The molecule has 0 aliphatic heterocycles. The van der Waals surface area contributed by atoms with Gasteiger partial charge in [-0.1, -0.05) is 51.8 Å². The van der Waals surface area contributed by atoms with Crippen LogP contribution in [-0.4, -0.2) is 5.78 Å². The van der Waals surface area contributed by atoms with Gasteiger partial charge in [0, 0.05) is 21.5 Å². The van der Waals surface area contributed by atoms with Gasteiger partial charge in [0.2, 0.25) is 0 Å². The lowest BCUT2D eigenvalue weighted by Crippen LogP contribution is -2.05. The van der Waals surface area contributed by atoms with Gasteiger partial charge in [0.15, 0.2) is 5.78 Å². The SMILES string of the molecule is Cc1c(Br)cccc1C(=O)Cc1ccc(Cl)cc1. The van der Waals surface area contributed by atoms with Crippen LogP contribution >= 0.6 is 27.5 Å². The van der Waals surface area contributed by atoms with E-state index >= 15 is 0 Å². The maximum absolute atomic E-state index is 12.2. The Morgan fingerprint density at radius 2 is 1.83 bits per heavy atom. The first-order valence-corrected chi connectivity index (χ1v) is 6.78. The topological polar surface area (TPSA) is 17.1 Å². The lowest BCUT2D eigenvalue weighted by molar-refractivity contribution is 0.0992. The molecule has 0 saturated carbocycles. The summed E-state index contributed by atoms with van der Waals surface area (Å²) in [4.78, 5) is 12.2. The Morgan fingerprint density at radius 1 is 1.17 bits per heavy atom. The summed E-state index contributed by atoms with van der Waals surface area (Å²) in [5, 5.41) is 0.685. The molecule has 3 heteroatoms. The summed E-state index contributed by atoms with van der Waals surface area (Å²) in [6.45, 7) is 1.94. The lowest BCUT2D eigenvalue weighted by Gasteiger charge is -2.07. The van der Waals surface area contributed by atoms with Gasteiger partial charge in [0.1, 0.15) is 0 Å². The Hall–Kier alpha value is -1.12. The number of carbonyl (C=O) groups is 1. The molecule has 0 unspecified atom stereocenters. The fraction of sp³-hybridized carbons (Fsp3) is 0.133. The number of hydrogen-bond acceptors (Lipinski definition) is 1. The first-order chi connectivity index (χ1) is 8.58. The lowest BCUT2D eigenvalue weighted by atomic mass is 9.99. The average Bonchev–Trinajstić information content (AvgIpc) is 2.35. The normalized spacial score (nSPS) is 10.4. The quantitative estimate of drug-likeness (QED) is 0.739. The minimum absolute atomic E-state index is 0.121. The van der Waals surface area contributed by atoms with E-state index in [9.17, 15) is 4.79 Å². The Bertz CT molecular complexity index is 576. The van der Waals surface area contributed by atoms with Crippen molar-refractivity contribution in [3.05, 3.63) is 68.7 Å². The van der Waals surface area contributed by atoms with Crippen LogP contribution in [0.1, 0.15) is 21.5 Å². The van der Waals surface area contributed by atoms with Crippen molar-refractivity contribution >= 4 is 33.3 Å². The van der Waals surface area contributed by atoms with Crippen molar-refractivity contribution in [3.8, 4) is 0 Å². The van der Waals surface area contributed by atoms with E-state index in [1.807, 2.05) is 37.3 Å². The zero-order valence-corrected chi connectivity index (χ0v) is 12.3. The van der Waals surface area contributed by atoms with E-state index in [0.29, 0.717) is 11.4 Å². The number of ketones is 1. The van der Waals surface area contributed by atoms with Crippen molar-refractivity contribution in [3.63, 3.8) is 0 Å². The molecular weight excluding hydrogens is 312 g/mol. The molecule has 0 spiro atoms. The molecule has 0 aliphatic carbocycles. The Balaban J connectivity index is 2.22. The summed E-state index contributed by atoms with van der Waals surface area (Å²) >= 11 is 9.26. The number of hydrogen-bond donors (Lipinski definition) is 0. The molecule has 92 valence electrons. The van der Waals surface area contributed by atoms with Gasteiger partial charge in [0.25, 0.3) is 0 Å². The fourth-order valence-corrected chi connectivity index (χ4v) is 2.28. The van der Waals surface area contributed by atoms with Gasteiger partial charge in [-0.25, -0.2) is 0 Å². The monoisotopic (exact) mass is 322 g/mol. The molecule has 0 atom stereocenters. The van der Waals surface area contributed by atoms with E-state index in [-0.39, 0.29) is 5.78 Å². The first kappa shape index (κ1) is 13.3. The number of rotatable bonds is 3. The van der Waals surface area contributed by atoms with Gasteiger partial charge in [0.05, 0.1) is 0 Å². The molecule has 0 saturated heterocycles. The minimum Gasteiger partial charge on any atom is -0.294 e. The van der Waals surface area contributed by atoms with Gasteiger partial charge in [-0.15, -0.1) is 0 Å². The largest absolute Gasteiger partial charge is 0.294 e. The molecule has 1 nitrogen and oxygen atoms in total. The van der Waals surface area contributed by atoms with E-state index < -0.39 is 0 Å². The summed E-state index contributed by atoms with van der Waals surface area (Å²) < 4.78 is 0.962. The minimum atomic E-state index is 0.121. The number of Topliss-reactive ketones (excluding diaryl/α,β-unsaturated/α-hetero) is 1. The molecule has 0 radical (unpaired) electrons. The van der Waals surface area contributed by atoms with Gasteiger partial charge in [-0.2, -0.15) is 0 Å². The molecule has 2 aromatic carbocycles. The van der Waals surface area contributed by atoms with Crippen molar-refractivity contribution in [1.82, 2.24) is 0 Å². The Morgan fingerprint density at radius 3 is 2.50 bits per heavy atom. The highest BCUT2D eigenvalue weighted by atomic mass is 79.9. The van der Waals surface area contributed by atoms with Crippen molar-refractivity contribution in [2.24, 2.45) is 0 Å².